The van der Waals surface area contributed by atoms with Crippen LogP contribution >= 0.6 is 0 Å². The highest BCUT2D eigenvalue weighted by molar-refractivity contribution is 5.77. The lowest BCUT2D eigenvalue weighted by atomic mass is 10.2. The standard InChI is InChI=1S/C26H27N7O3/c1-35-21-15-20(16-22(17-21)36-2)24-29-25(19-7-4-3-5-8-19)33(30-24)18-23(34)31-11-13-32(14-12-31)26-27-9-6-10-28-26/h3-10,15-17H,11-14,18H2,1-2H3. The highest BCUT2D eigenvalue weighted by Crippen LogP contribution is 2.30. The van der Waals surface area contributed by atoms with Crippen molar-refractivity contribution in [1.29, 1.82) is 0 Å². The minimum atomic E-state index is -0.0134. The van der Waals surface area contributed by atoms with Crippen molar-refractivity contribution in [3.8, 4) is 34.3 Å². The van der Waals surface area contributed by atoms with E-state index in [2.05, 4.69) is 14.9 Å². The zero-order valence-electron chi connectivity index (χ0n) is 20.2. The quantitative estimate of drug-likeness (QED) is 0.394. The Kier molecular flexibility index (Phi) is 6.74. The molecular weight excluding hydrogens is 458 g/mol. The van der Waals surface area contributed by atoms with Crippen molar-refractivity contribution in [2.24, 2.45) is 0 Å². The fraction of sp³-hybridized carbons (Fsp3) is 0.269. The normalized spacial score (nSPS) is 13.5. The van der Waals surface area contributed by atoms with Crippen molar-refractivity contribution < 1.29 is 14.3 Å². The van der Waals surface area contributed by atoms with Gasteiger partial charge in [0.25, 0.3) is 0 Å². The molecule has 0 saturated carbocycles. The molecule has 1 fully saturated rings. The molecule has 0 radical (unpaired) electrons. The first-order chi connectivity index (χ1) is 17.6. The van der Waals surface area contributed by atoms with Crippen LogP contribution in [0.4, 0.5) is 5.95 Å². The predicted molar refractivity (Wildman–Crippen MR) is 135 cm³/mol. The number of rotatable bonds is 7. The van der Waals surface area contributed by atoms with Crippen LogP contribution < -0.4 is 14.4 Å². The van der Waals surface area contributed by atoms with Crippen molar-refractivity contribution >= 4 is 11.9 Å². The van der Waals surface area contributed by atoms with Crippen molar-refractivity contribution in [1.82, 2.24) is 29.6 Å². The second-order valence-electron chi connectivity index (χ2n) is 8.30. The third-order valence-electron chi connectivity index (χ3n) is 6.07. The number of nitrogens with zero attached hydrogens (tertiary/aromatic N) is 7. The molecule has 1 aliphatic heterocycles. The summed E-state index contributed by atoms with van der Waals surface area (Å²) in [6.45, 7) is 2.61. The number of methoxy groups -OCH3 is 2. The van der Waals surface area contributed by atoms with Crippen LogP contribution in [0.5, 0.6) is 11.5 Å². The maximum atomic E-state index is 13.3. The van der Waals surface area contributed by atoms with Gasteiger partial charge in [-0.15, -0.1) is 5.10 Å². The van der Waals surface area contributed by atoms with Crippen LogP contribution in [0.1, 0.15) is 0 Å². The SMILES string of the molecule is COc1cc(OC)cc(-c2nc(-c3ccccc3)n(CC(=O)N3CCN(c4ncccn4)CC3)n2)c1. The topological polar surface area (TPSA) is 98.5 Å². The fourth-order valence-corrected chi connectivity index (χ4v) is 4.15. The van der Waals surface area contributed by atoms with E-state index in [0.717, 1.165) is 11.1 Å². The molecular formula is C26H27N7O3. The summed E-state index contributed by atoms with van der Waals surface area (Å²) in [7, 11) is 3.20. The van der Waals surface area contributed by atoms with Crippen LogP contribution in [0, 0.1) is 0 Å². The van der Waals surface area contributed by atoms with E-state index in [1.807, 2.05) is 47.4 Å². The summed E-state index contributed by atoms with van der Waals surface area (Å²) in [5.41, 5.74) is 1.62. The first-order valence-electron chi connectivity index (χ1n) is 11.7. The zero-order chi connectivity index (χ0) is 24.9. The lowest BCUT2D eigenvalue weighted by molar-refractivity contribution is -0.132. The van der Waals surface area contributed by atoms with Gasteiger partial charge in [-0.1, -0.05) is 30.3 Å². The Bertz CT molecular complexity index is 1300. The van der Waals surface area contributed by atoms with Gasteiger partial charge in [-0.2, -0.15) is 0 Å². The van der Waals surface area contributed by atoms with Gasteiger partial charge in [0.05, 0.1) is 14.2 Å². The van der Waals surface area contributed by atoms with E-state index < -0.39 is 0 Å². The van der Waals surface area contributed by atoms with Crippen molar-refractivity contribution in [3.05, 3.63) is 67.0 Å². The number of carbonyl (C=O) groups excluding carboxylic acids is 1. The number of hydrogen-bond donors (Lipinski definition) is 0. The van der Waals surface area contributed by atoms with Gasteiger partial charge in [-0.25, -0.2) is 19.6 Å². The summed E-state index contributed by atoms with van der Waals surface area (Å²) in [5.74, 6) is 3.06. The second-order valence-corrected chi connectivity index (χ2v) is 8.30. The van der Waals surface area contributed by atoms with Gasteiger partial charge in [0.15, 0.2) is 11.6 Å². The highest BCUT2D eigenvalue weighted by atomic mass is 16.5. The van der Waals surface area contributed by atoms with Gasteiger partial charge in [-0.3, -0.25) is 4.79 Å². The predicted octanol–water partition coefficient (Wildman–Crippen LogP) is 2.77. The highest BCUT2D eigenvalue weighted by Gasteiger charge is 2.24. The van der Waals surface area contributed by atoms with Crippen LogP contribution in [-0.4, -0.2) is 75.9 Å². The molecule has 0 N–H and O–H groups in total. The molecule has 2 aromatic carbocycles. The second kappa shape index (κ2) is 10.4. The first-order valence-corrected chi connectivity index (χ1v) is 11.7. The van der Waals surface area contributed by atoms with Crippen LogP contribution in [-0.2, 0) is 11.3 Å². The summed E-state index contributed by atoms with van der Waals surface area (Å²) < 4.78 is 12.5. The molecule has 10 heteroatoms. The number of anilines is 1. The molecule has 0 bridgehead atoms. The molecule has 2 aromatic heterocycles. The number of ether oxygens (including phenoxy) is 2. The number of amides is 1. The Hall–Kier alpha value is -4.47. The fourth-order valence-electron chi connectivity index (χ4n) is 4.15. The minimum Gasteiger partial charge on any atom is -0.497 e. The number of piperazine rings is 1. The molecule has 1 amide bonds. The molecule has 0 spiro atoms. The summed E-state index contributed by atoms with van der Waals surface area (Å²) in [4.78, 5) is 30.6. The summed E-state index contributed by atoms with van der Waals surface area (Å²) in [5, 5.41) is 4.72. The lowest BCUT2D eigenvalue weighted by Gasteiger charge is -2.34. The average molecular weight is 486 g/mol. The van der Waals surface area contributed by atoms with E-state index in [9.17, 15) is 4.79 Å². The first kappa shape index (κ1) is 23.3. The van der Waals surface area contributed by atoms with E-state index >= 15 is 0 Å². The van der Waals surface area contributed by atoms with Crippen LogP contribution in [0.2, 0.25) is 0 Å². The van der Waals surface area contributed by atoms with E-state index in [0.29, 0.717) is 55.3 Å². The number of aromatic nitrogens is 5. The largest absolute Gasteiger partial charge is 0.497 e. The van der Waals surface area contributed by atoms with Crippen molar-refractivity contribution in [2.75, 3.05) is 45.3 Å². The van der Waals surface area contributed by atoms with E-state index in [4.69, 9.17) is 19.6 Å². The van der Waals surface area contributed by atoms with Gasteiger partial charge in [0.2, 0.25) is 11.9 Å². The lowest BCUT2D eigenvalue weighted by Crippen LogP contribution is -2.50. The Morgan fingerprint density at radius 2 is 1.53 bits per heavy atom. The number of benzene rings is 2. The Morgan fingerprint density at radius 1 is 0.861 bits per heavy atom. The van der Waals surface area contributed by atoms with E-state index in [1.54, 1.807) is 43.4 Å². The maximum absolute atomic E-state index is 13.3. The molecule has 3 heterocycles. The van der Waals surface area contributed by atoms with E-state index in [1.165, 1.54) is 0 Å². The molecule has 4 aromatic rings. The minimum absolute atomic E-state index is 0.0134. The van der Waals surface area contributed by atoms with Crippen molar-refractivity contribution in [2.45, 2.75) is 6.54 Å². The average Bonchev–Trinajstić information content (AvgIpc) is 3.37. The molecule has 10 nitrogen and oxygen atoms in total. The summed E-state index contributed by atoms with van der Waals surface area (Å²) in [6, 6.07) is 17.0. The third-order valence-corrected chi connectivity index (χ3v) is 6.07. The number of hydrogen-bond acceptors (Lipinski definition) is 8. The van der Waals surface area contributed by atoms with Gasteiger partial charge < -0.3 is 19.3 Å². The molecule has 1 aliphatic rings. The van der Waals surface area contributed by atoms with Gasteiger partial charge in [-0.05, 0) is 18.2 Å². The Morgan fingerprint density at radius 3 is 2.17 bits per heavy atom. The molecule has 0 aliphatic carbocycles. The Labute approximate surface area is 209 Å². The van der Waals surface area contributed by atoms with Crippen molar-refractivity contribution in [3.63, 3.8) is 0 Å². The van der Waals surface area contributed by atoms with Gasteiger partial charge in [0, 0.05) is 55.8 Å². The third kappa shape index (κ3) is 4.97. The molecule has 184 valence electrons. The smallest absolute Gasteiger partial charge is 0.244 e. The van der Waals surface area contributed by atoms with Gasteiger partial charge >= 0.3 is 0 Å². The van der Waals surface area contributed by atoms with Crippen LogP contribution in [0.3, 0.4) is 0 Å². The molecule has 36 heavy (non-hydrogen) atoms. The molecule has 0 unspecified atom stereocenters. The monoisotopic (exact) mass is 485 g/mol. The summed E-state index contributed by atoms with van der Waals surface area (Å²) in [6.07, 6.45) is 3.45. The number of carbonyl (C=O) groups is 1. The van der Waals surface area contributed by atoms with E-state index in [-0.39, 0.29) is 12.5 Å². The molecule has 5 rings (SSSR count). The maximum Gasteiger partial charge on any atom is 0.244 e. The van der Waals surface area contributed by atoms with Crippen LogP contribution in [0.15, 0.2) is 67.0 Å². The molecule has 1 saturated heterocycles. The summed E-state index contributed by atoms with van der Waals surface area (Å²) >= 11 is 0. The molecule has 0 atom stereocenters. The Balaban J connectivity index is 1.39. The zero-order valence-corrected chi connectivity index (χ0v) is 20.2. The van der Waals surface area contributed by atoms with Crippen LogP contribution in [0.25, 0.3) is 22.8 Å². The van der Waals surface area contributed by atoms with Gasteiger partial charge in [0.1, 0.15) is 18.0 Å².